The van der Waals surface area contributed by atoms with E-state index < -0.39 is 35.3 Å². The van der Waals surface area contributed by atoms with Gasteiger partial charge in [0.05, 0.1) is 23.6 Å². The molecule has 1 N–H and O–H groups in total. The predicted molar refractivity (Wildman–Crippen MR) is 90.1 cm³/mol. The number of hydrogen-bond donors (Lipinski definition) is 1. The molecule has 148 valence electrons. The highest BCUT2D eigenvalue weighted by molar-refractivity contribution is 5.89. The van der Waals surface area contributed by atoms with E-state index in [0.29, 0.717) is 18.4 Å². The van der Waals surface area contributed by atoms with Crippen LogP contribution < -0.4 is 0 Å². The van der Waals surface area contributed by atoms with E-state index in [1.807, 2.05) is 0 Å². The second-order valence-corrected chi connectivity index (χ2v) is 7.35. The molecule has 0 spiro atoms. The van der Waals surface area contributed by atoms with Crippen LogP contribution in [-0.4, -0.2) is 47.2 Å². The summed E-state index contributed by atoms with van der Waals surface area (Å²) in [5, 5.41) is 9.24. The first-order chi connectivity index (χ1) is 12.6. The average molecular weight is 385 g/mol. The first kappa shape index (κ1) is 19.7. The SMILES string of the molecule is C[C@@H]1CN(C(=O)C2(c3cccc(C(F)(F)F)c3)CCCC2)CC(C(=O)O)O1. The molecular formula is C19H22F3NO4. The second kappa shape index (κ2) is 7.14. The molecule has 1 saturated heterocycles. The topological polar surface area (TPSA) is 66.8 Å². The standard InChI is InChI=1S/C19H22F3NO4/c1-12-10-23(11-15(27-12)16(24)25)17(26)18(7-2-3-8-18)13-5-4-6-14(9-13)19(20,21)22/h4-6,9,12,15H,2-3,7-8,10-11H2,1H3,(H,24,25)/t12-,15?/m1/s1. The fourth-order valence-corrected chi connectivity index (χ4v) is 4.15. The van der Waals surface area contributed by atoms with Gasteiger partial charge in [0.2, 0.25) is 5.91 Å². The summed E-state index contributed by atoms with van der Waals surface area (Å²) < 4.78 is 44.8. The molecule has 0 bridgehead atoms. The van der Waals surface area contributed by atoms with Crippen LogP contribution in [0.5, 0.6) is 0 Å². The van der Waals surface area contributed by atoms with Crippen LogP contribution in [0.1, 0.15) is 43.7 Å². The molecule has 1 aliphatic heterocycles. The maximum atomic E-state index is 13.4. The van der Waals surface area contributed by atoms with Crippen molar-refractivity contribution in [3.8, 4) is 0 Å². The van der Waals surface area contributed by atoms with E-state index in [9.17, 15) is 27.9 Å². The zero-order chi connectivity index (χ0) is 19.8. The second-order valence-electron chi connectivity index (χ2n) is 7.35. The number of hydrogen-bond acceptors (Lipinski definition) is 3. The zero-order valence-corrected chi connectivity index (χ0v) is 15.0. The number of aliphatic carboxylic acids is 1. The average Bonchev–Trinajstić information content (AvgIpc) is 3.11. The third kappa shape index (κ3) is 3.81. The molecule has 1 aliphatic carbocycles. The third-order valence-corrected chi connectivity index (χ3v) is 5.43. The Morgan fingerprint density at radius 1 is 1.22 bits per heavy atom. The highest BCUT2D eigenvalue weighted by Gasteiger charge is 2.47. The number of alkyl halides is 3. The molecule has 1 saturated carbocycles. The summed E-state index contributed by atoms with van der Waals surface area (Å²) in [6, 6.07) is 4.94. The van der Waals surface area contributed by atoms with Crippen LogP contribution in [0, 0.1) is 0 Å². The Morgan fingerprint density at radius 2 is 1.89 bits per heavy atom. The van der Waals surface area contributed by atoms with Crippen LogP contribution >= 0.6 is 0 Å². The Labute approximate surface area is 155 Å². The third-order valence-electron chi connectivity index (χ3n) is 5.43. The minimum absolute atomic E-state index is 0.0980. The van der Waals surface area contributed by atoms with E-state index in [0.717, 1.165) is 25.0 Å². The van der Waals surface area contributed by atoms with Gasteiger partial charge < -0.3 is 14.7 Å². The van der Waals surface area contributed by atoms with Crippen molar-refractivity contribution in [2.24, 2.45) is 0 Å². The number of carboxylic acid groups (broad SMARTS) is 1. The number of ether oxygens (including phenoxy) is 1. The quantitative estimate of drug-likeness (QED) is 0.868. The number of carboxylic acids is 1. The molecule has 0 radical (unpaired) electrons. The summed E-state index contributed by atoms with van der Waals surface area (Å²) in [6.45, 7) is 1.81. The van der Waals surface area contributed by atoms with Crippen molar-refractivity contribution in [2.75, 3.05) is 13.1 Å². The Kier molecular flexibility index (Phi) is 5.20. The molecule has 1 aromatic carbocycles. The summed E-state index contributed by atoms with van der Waals surface area (Å²) >= 11 is 0. The number of nitrogens with zero attached hydrogens (tertiary/aromatic N) is 1. The molecular weight excluding hydrogens is 363 g/mol. The van der Waals surface area contributed by atoms with Crippen LogP contribution in [0.4, 0.5) is 13.2 Å². The summed E-state index contributed by atoms with van der Waals surface area (Å²) in [5.41, 5.74) is -1.47. The van der Waals surface area contributed by atoms with Gasteiger partial charge in [-0.3, -0.25) is 4.79 Å². The highest BCUT2D eigenvalue weighted by Crippen LogP contribution is 2.44. The van der Waals surface area contributed by atoms with E-state index in [4.69, 9.17) is 4.74 Å². The van der Waals surface area contributed by atoms with E-state index in [2.05, 4.69) is 0 Å². The van der Waals surface area contributed by atoms with Gasteiger partial charge in [0.15, 0.2) is 6.10 Å². The van der Waals surface area contributed by atoms with Gasteiger partial charge in [-0.1, -0.05) is 31.0 Å². The molecule has 1 unspecified atom stereocenters. The van der Waals surface area contributed by atoms with Crippen molar-refractivity contribution >= 4 is 11.9 Å². The van der Waals surface area contributed by atoms with Crippen LogP contribution in [0.15, 0.2) is 24.3 Å². The van der Waals surface area contributed by atoms with Gasteiger partial charge in [0.25, 0.3) is 0 Å². The minimum atomic E-state index is -4.49. The molecule has 1 heterocycles. The van der Waals surface area contributed by atoms with E-state index in [1.54, 1.807) is 13.0 Å². The lowest BCUT2D eigenvalue weighted by atomic mass is 9.76. The number of morpholine rings is 1. The minimum Gasteiger partial charge on any atom is -0.479 e. The van der Waals surface area contributed by atoms with Gasteiger partial charge in [-0.25, -0.2) is 4.79 Å². The van der Waals surface area contributed by atoms with Gasteiger partial charge >= 0.3 is 12.1 Å². The predicted octanol–water partition coefficient (Wildman–Crippen LogP) is 3.22. The molecule has 27 heavy (non-hydrogen) atoms. The lowest BCUT2D eigenvalue weighted by Gasteiger charge is -2.40. The van der Waals surface area contributed by atoms with E-state index in [-0.39, 0.29) is 19.0 Å². The first-order valence-electron chi connectivity index (χ1n) is 8.99. The maximum absolute atomic E-state index is 13.4. The fraction of sp³-hybridized carbons (Fsp3) is 0.579. The van der Waals surface area contributed by atoms with Crippen LogP contribution in [0.2, 0.25) is 0 Å². The smallest absolute Gasteiger partial charge is 0.416 e. The molecule has 2 aliphatic rings. The number of halogens is 3. The van der Waals surface area contributed by atoms with Crippen LogP contribution in [0.3, 0.4) is 0 Å². The van der Waals surface area contributed by atoms with Crippen molar-refractivity contribution in [3.63, 3.8) is 0 Å². The first-order valence-corrected chi connectivity index (χ1v) is 8.99. The van der Waals surface area contributed by atoms with Crippen molar-refractivity contribution in [2.45, 2.75) is 56.4 Å². The number of carbonyl (C=O) groups excluding carboxylic acids is 1. The Bertz CT molecular complexity index is 728. The maximum Gasteiger partial charge on any atom is 0.416 e. The summed E-state index contributed by atoms with van der Waals surface area (Å²) in [6.07, 6.45) is -3.68. The van der Waals surface area contributed by atoms with Crippen LogP contribution in [-0.2, 0) is 25.9 Å². The molecule has 1 aromatic rings. The number of rotatable bonds is 3. The fourth-order valence-electron chi connectivity index (χ4n) is 4.15. The van der Waals surface area contributed by atoms with Gasteiger partial charge in [-0.15, -0.1) is 0 Å². The van der Waals surface area contributed by atoms with Crippen LogP contribution in [0.25, 0.3) is 0 Å². The van der Waals surface area contributed by atoms with Crippen molar-refractivity contribution in [1.82, 2.24) is 4.90 Å². The Morgan fingerprint density at radius 3 is 2.48 bits per heavy atom. The Balaban J connectivity index is 1.95. The normalized spacial score (nSPS) is 25.4. The summed E-state index contributed by atoms with van der Waals surface area (Å²) in [7, 11) is 0. The van der Waals surface area contributed by atoms with Crippen molar-refractivity contribution in [1.29, 1.82) is 0 Å². The highest BCUT2D eigenvalue weighted by atomic mass is 19.4. The molecule has 0 aromatic heterocycles. The summed E-state index contributed by atoms with van der Waals surface area (Å²) in [5.74, 6) is -1.46. The number of carbonyl (C=O) groups is 2. The van der Waals surface area contributed by atoms with Crippen molar-refractivity contribution < 1.29 is 32.6 Å². The van der Waals surface area contributed by atoms with Gasteiger partial charge in [-0.2, -0.15) is 13.2 Å². The molecule has 2 atom stereocenters. The van der Waals surface area contributed by atoms with Crippen molar-refractivity contribution in [3.05, 3.63) is 35.4 Å². The molecule has 1 amide bonds. The lowest BCUT2D eigenvalue weighted by Crippen LogP contribution is -2.56. The zero-order valence-electron chi connectivity index (χ0n) is 15.0. The monoisotopic (exact) mass is 385 g/mol. The van der Waals surface area contributed by atoms with Gasteiger partial charge in [-0.05, 0) is 31.4 Å². The largest absolute Gasteiger partial charge is 0.479 e. The number of amides is 1. The van der Waals surface area contributed by atoms with Gasteiger partial charge in [0, 0.05) is 6.54 Å². The molecule has 2 fully saturated rings. The van der Waals surface area contributed by atoms with E-state index >= 15 is 0 Å². The van der Waals surface area contributed by atoms with E-state index in [1.165, 1.54) is 11.0 Å². The molecule has 3 rings (SSSR count). The lowest BCUT2D eigenvalue weighted by molar-refractivity contribution is -0.168. The van der Waals surface area contributed by atoms with Gasteiger partial charge in [0.1, 0.15) is 0 Å². The Hall–Kier alpha value is -2.09. The summed E-state index contributed by atoms with van der Waals surface area (Å²) in [4.78, 5) is 26.1. The molecule has 8 heteroatoms. The molecule has 5 nitrogen and oxygen atoms in total. The number of benzene rings is 1.